The Balaban J connectivity index is 2.59. The van der Waals surface area contributed by atoms with E-state index in [4.69, 9.17) is 14.0 Å². The Hall–Kier alpha value is -1.72. The number of hydrogen-bond acceptors (Lipinski definition) is 6. The van der Waals surface area contributed by atoms with Crippen molar-refractivity contribution in [1.82, 2.24) is 4.67 Å². The Morgan fingerprint density at radius 1 is 0.828 bits per heavy atom. The van der Waals surface area contributed by atoms with E-state index in [2.05, 4.69) is 19.6 Å². The van der Waals surface area contributed by atoms with Gasteiger partial charge < -0.3 is 13.5 Å². The highest BCUT2D eigenvalue weighted by atomic mass is 28.4. The topological polar surface area (TPSA) is 68.2 Å². The quantitative estimate of drug-likeness (QED) is 0.605. The largest absolute Gasteiger partial charge is 0.519 e. The molecule has 0 radical (unpaired) electrons. The van der Waals surface area contributed by atoms with Gasteiger partial charge in [0.05, 0.1) is 5.71 Å². The third kappa shape index (κ3) is 6.13. The van der Waals surface area contributed by atoms with Crippen LogP contribution in [0.25, 0.3) is 0 Å². The molecule has 1 aromatic carbocycles. The average Bonchev–Trinajstić information content (AvgIpc) is 2.93. The number of benzene rings is 1. The minimum atomic E-state index is -2.15. The fraction of sp³-hybridized carbons (Fsp3) is 0.550. The summed E-state index contributed by atoms with van der Waals surface area (Å²) in [6, 6.07) is 8.79. The van der Waals surface area contributed by atoms with Gasteiger partial charge >= 0.3 is 11.9 Å². The maximum Gasteiger partial charge on any atom is 0.317 e. The van der Waals surface area contributed by atoms with Crippen molar-refractivity contribution in [3.8, 4) is 0 Å². The zero-order valence-electron chi connectivity index (χ0n) is 19.1. The molecule has 0 aliphatic carbocycles. The van der Waals surface area contributed by atoms with E-state index in [-0.39, 0.29) is 11.9 Å². The summed E-state index contributed by atoms with van der Waals surface area (Å²) < 4.78 is 13.6. The molecule has 0 unspecified atom stereocenters. The second-order valence-corrected chi connectivity index (χ2v) is 24.0. The predicted molar refractivity (Wildman–Crippen MR) is 124 cm³/mol. The number of rotatable bonds is 6. The van der Waals surface area contributed by atoms with Crippen LogP contribution in [0.1, 0.15) is 5.56 Å². The maximum atomic E-state index is 13.3. The van der Waals surface area contributed by atoms with Crippen LogP contribution in [0.2, 0.25) is 58.9 Å². The highest BCUT2D eigenvalue weighted by molar-refractivity contribution is 6.74. The van der Waals surface area contributed by atoms with Gasteiger partial charge in [0, 0.05) is 0 Å². The number of carbonyl (C=O) groups excluding carboxylic acids is 2. The lowest BCUT2D eigenvalue weighted by Gasteiger charge is -2.36. The first-order valence-corrected chi connectivity index (χ1v) is 20.3. The minimum Gasteiger partial charge on any atom is -0.519 e. The molecule has 1 aliphatic rings. The third-order valence-electron chi connectivity index (χ3n) is 4.16. The van der Waals surface area contributed by atoms with Crippen molar-refractivity contribution in [1.29, 1.82) is 0 Å². The minimum absolute atomic E-state index is 0.376. The molecule has 0 N–H and O–H groups in total. The van der Waals surface area contributed by atoms with E-state index in [9.17, 15) is 9.59 Å². The van der Waals surface area contributed by atoms with Gasteiger partial charge in [-0.3, -0.25) is 9.59 Å². The fourth-order valence-corrected chi connectivity index (χ4v) is 6.10. The molecule has 6 nitrogen and oxygen atoms in total. The highest BCUT2D eigenvalue weighted by Crippen LogP contribution is 2.33. The van der Waals surface area contributed by atoms with Gasteiger partial charge in [-0.15, -0.1) is 0 Å². The van der Waals surface area contributed by atoms with Crippen LogP contribution in [-0.2, 0) is 18.4 Å². The van der Waals surface area contributed by atoms with Gasteiger partial charge in [0.1, 0.15) is 5.92 Å². The van der Waals surface area contributed by atoms with E-state index in [0.717, 1.165) is 5.56 Å². The van der Waals surface area contributed by atoms with Gasteiger partial charge in [-0.2, -0.15) is 5.10 Å². The summed E-state index contributed by atoms with van der Waals surface area (Å²) in [5.74, 6) is -1.55. The van der Waals surface area contributed by atoms with Crippen molar-refractivity contribution < 1.29 is 18.4 Å². The van der Waals surface area contributed by atoms with Crippen molar-refractivity contribution in [3.05, 3.63) is 35.9 Å². The summed E-state index contributed by atoms with van der Waals surface area (Å²) in [7, 11) is -6.38. The van der Waals surface area contributed by atoms with E-state index in [1.807, 2.05) is 74.3 Å². The maximum absolute atomic E-state index is 13.3. The molecule has 0 bridgehead atoms. The molecule has 2 atom stereocenters. The average molecular weight is 451 g/mol. The molecule has 0 spiro atoms. The zero-order valence-corrected chi connectivity index (χ0v) is 22.1. The molecule has 1 heterocycles. The lowest BCUT2D eigenvalue weighted by Crippen LogP contribution is -2.55. The SMILES string of the molecule is C[Si](C)(C)OC(=O)[C@H]1C(c2ccccc2)=NN([Si](C)(C)C)[C@@H]1C(=O)O[Si](C)(C)C. The smallest absolute Gasteiger partial charge is 0.317 e. The van der Waals surface area contributed by atoms with Crippen molar-refractivity contribution >= 4 is 42.5 Å². The molecule has 0 saturated heterocycles. The highest BCUT2D eigenvalue weighted by Gasteiger charge is 2.52. The van der Waals surface area contributed by atoms with E-state index >= 15 is 0 Å². The molecule has 9 heteroatoms. The summed E-state index contributed by atoms with van der Waals surface area (Å²) in [6.45, 7) is 18.1. The molecule has 0 amide bonds. The monoisotopic (exact) mass is 450 g/mol. The van der Waals surface area contributed by atoms with Crippen LogP contribution < -0.4 is 0 Å². The Morgan fingerprint density at radius 3 is 1.76 bits per heavy atom. The molecule has 160 valence electrons. The standard InChI is InChI=1S/C20H34N2O4Si3/c1-27(2,3)22-18(20(24)26-29(7,8)9)16(19(23)25-28(4,5)6)17(21-22)15-13-11-10-12-14-15/h10-14,16,18H,1-9H3/t16-,18-/m0/s1. The number of carbonyl (C=O) groups is 2. The van der Waals surface area contributed by atoms with Gasteiger partial charge in [0.25, 0.3) is 0 Å². The van der Waals surface area contributed by atoms with Crippen molar-refractivity contribution in [2.75, 3.05) is 0 Å². The molecule has 0 saturated carbocycles. The van der Waals surface area contributed by atoms with Crippen LogP contribution in [0.15, 0.2) is 35.4 Å². The molecular formula is C20H34N2O4Si3. The van der Waals surface area contributed by atoms with Crippen LogP contribution in [-0.4, -0.2) is 53.2 Å². The Labute approximate surface area is 177 Å². The van der Waals surface area contributed by atoms with Crippen molar-refractivity contribution in [3.63, 3.8) is 0 Å². The number of hydrazone groups is 1. The Morgan fingerprint density at radius 2 is 1.31 bits per heavy atom. The van der Waals surface area contributed by atoms with E-state index in [0.29, 0.717) is 5.71 Å². The summed E-state index contributed by atoms with van der Waals surface area (Å²) in [5, 5.41) is 4.84. The molecule has 2 rings (SSSR count). The predicted octanol–water partition coefficient (Wildman–Crippen LogP) is 4.28. The molecule has 29 heavy (non-hydrogen) atoms. The summed E-state index contributed by atoms with van der Waals surface area (Å²) in [6.07, 6.45) is 0. The summed E-state index contributed by atoms with van der Waals surface area (Å²) >= 11 is 0. The third-order valence-corrected chi connectivity index (χ3v) is 7.53. The number of hydrogen-bond donors (Lipinski definition) is 0. The molecule has 1 aliphatic heterocycles. The summed E-state index contributed by atoms with van der Waals surface area (Å²) in [4.78, 5) is 26.6. The number of nitrogens with zero attached hydrogens (tertiary/aromatic N) is 2. The molecule has 0 fully saturated rings. The van der Waals surface area contributed by atoms with Gasteiger partial charge in [0.2, 0.25) is 16.6 Å². The second-order valence-electron chi connectivity index (χ2n) is 10.4. The van der Waals surface area contributed by atoms with E-state index < -0.39 is 36.8 Å². The Kier molecular flexibility index (Phi) is 6.65. The van der Waals surface area contributed by atoms with Crippen LogP contribution in [0.5, 0.6) is 0 Å². The first kappa shape index (κ1) is 23.6. The molecule has 1 aromatic rings. The van der Waals surface area contributed by atoms with Crippen LogP contribution in [0.4, 0.5) is 0 Å². The molecular weight excluding hydrogens is 416 g/mol. The zero-order chi connectivity index (χ0) is 22.2. The molecule has 0 aromatic heterocycles. The van der Waals surface area contributed by atoms with Gasteiger partial charge in [0.15, 0.2) is 14.3 Å². The summed E-state index contributed by atoms with van der Waals surface area (Å²) in [5.41, 5.74) is 1.42. The Bertz CT molecular complexity index is 793. The normalized spacial score (nSPS) is 20.3. The van der Waals surface area contributed by atoms with Crippen LogP contribution >= 0.6 is 0 Å². The van der Waals surface area contributed by atoms with Gasteiger partial charge in [-0.1, -0.05) is 50.0 Å². The van der Waals surface area contributed by atoms with Crippen molar-refractivity contribution in [2.24, 2.45) is 11.0 Å². The van der Waals surface area contributed by atoms with Crippen LogP contribution in [0.3, 0.4) is 0 Å². The van der Waals surface area contributed by atoms with Crippen molar-refractivity contribution in [2.45, 2.75) is 65.0 Å². The second kappa shape index (κ2) is 8.19. The van der Waals surface area contributed by atoms with Crippen LogP contribution in [0, 0.1) is 5.92 Å². The van der Waals surface area contributed by atoms with Gasteiger partial charge in [-0.05, 0) is 44.8 Å². The lowest BCUT2D eigenvalue weighted by molar-refractivity contribution is -0.147. The van der Waals surface area contributed by atoms with E-state index in [1.165, 1.54) is 0 Å². The first-order chi connectivity index (χ1) is 13.1. The first-order valence-electron chi connectivity index (χ1n) is 9.99. The van der Waals surface area contributed by atoms with Gasteiger partial charge in [-0.25, -0.2) is 0 Å². The van der Waals surface area contributed by atoms with E-state index in [1.54, 1.807) is 0 Å². The lowest BCUT2D eigenvalue weighted by atomic mass is 9.91. The fourth-order valence-electron chi connectivity index (χ4n) is 3.15.